The van der Waals surface area contributed by atoms with Gasteiger partial charge in [0.05, 0.1) is 6.61 Å². The van der Waals surface area contributed by atoms with Gasteiger partial charge in [0.2, 0.25) is 0 Å². The number of hydrogen-bond donors (Lipinski definition) is 1. The number of ether oxygens (including phenoxy) is 2. The maximum Gasteiger partial charge on any atom is 0.124 e. The van der Waals surface area contributed by atoms with Gasteiger partial charge >= 0.3 is 0 Å². The van der Waals surface area contributed by atoms with Crippen molar-refractivity contribution in [2.75, 3.05) is 27.4 Å². The number of rotatable bonds is 8. The van der Waals surface area contributed by atoms with Gasteiger partial charge in [0.25, 0.3) is 0 Å². The third-order valence-corrected chi connectivity index (χ3v) is 3.32. The summed E-state index contributed by atoms with van der Waals surface area (Å²) in [6.07, 6.45) is 1.14. The number of benzene rings is 1. The summed E-state index contributed by atoms with van der Waals surface area (Å²) in [7, 11) is 3.69. The van der Waals surface area contributed by atoms with Crippen molar-refractivity contribution in [3.05, 3.63) is 29.8 Å². The Labute approximate surface area is 110 Å². The summed E-state index contributed by atoms with van der Waals surface area (Å²) in [5.74, 6) is 1.52. The standard InChI is InChI=1S/C15H25NO2/c1-5-12(2)15(16-3)13-8-6-7-9-14(13)18-11-10-17-4/h6-9,12,15-16H,5,10-11H2,1-4H3. The third kappa shape index (κ3) is 4.00. The maximum absolute atomic E-state index is 5.79. The molecule has 1 aromatic carbocycles. The smallest absolute Gasteiger partial charge is 0.124 e. The van der Waals surface area contributed by atoms with Crippen LogP contribution in [0, 0.1) is 5.92 Å². The van der Waals surface area contributed by atoms with Gasteiger partial charge in [0, 0.05) is 18.7 Å². The van der Waals surface area contributed by atoms with Crippen LogP contribution in [0.5, 0.6) is 5.75 Å². The van der Waals surface area contributed by atoms with Gasteiger partial charge in [-0.15, -0.1) is 0 Å². The first-order valence-electron chi connectivity index (χ1n) is 6.62. The fraction of sp³-hybridized carbons (Fsp3) is 0.600. The fourth-order valence-electron chi connectivity index (χ4n) is 2.09. The molecule has 0 amide bonds. The Kier molecular flexibility index (Phi) is 6.76. The quantitative estimate of drug-likeness (QED) is 0.720. The zero-order valence-corrected chi connectivity index (χ0v) is 11.9. The van der Waals surface area contributed by atoms with Crippen LogP contribution < -0.4 is 10.1 Å². The van der Waals surface area contributed by atoms with Crippen LogP contribution >= 0.6 is 0 Å². The Balaban J connectivity index is 2.85. The van der Waals surface area contributed by atoms with E-state index >= 15 is 0 Å². The van der Waals surface area contributed by atoms with Gasteiger partial charge in [-0.05, 0) is 19.0 Å². The third-order valence-electron chi connectivity index (χ3n) is 3.32. The van der Waals surface area contributed by atoms with E-state index in [0.717, 1.165) is 12.2 Å². The molecule has 0 aliphatic rings. The van der Waals surface area contributed by atoms with Crippen molar-refractivity contribution in [3.8, 4) is 5.75 Å². The van der Waals surface area contributed by atoms with Crippen LogP contribution in [0.15, 0.2) is 24.3 Å². The van der Waals surface area contributed by atoms with E-state index in [-0.39, 0.29) is 0 Å². The molecule has 0 radical (unpaired) electrons. The first-order chi connectivity index (χ1) is 8.74. The Morgan fingerprint density at radius 1 is 1.22 bits per heavy atom. The zero-order chi connectivity index (χ0) is 13.4. The lowest BCUT2D eigenvalue weighted by Gasteiger charge is -2.25. The lowest BCUT2D eigenvalue weighted by Crippen LogP contribution is -2.24. The van der Waals surface area contributed by atoms with Gasteiger partial charge < -0.3 is 14.8 Å². The van der Waals surface area contributed by atoms with Gasteiger partial charge in [-0.25, -0.2) is 0 Å². The minimum atomic E-state index is 0.328. The largest absolute Gasteiger partial charge is 0.491 e. The highest BCUT2D eigenvalue weighted by Gasteiger charge is 2.19. The van der Waals surface area contributed by atoms with Crippen LogP contribution in [0.2, 0.25) is 0 Å². The van der Waals surface area contributed by atoms with E-state index in [1.807, 2.05) is 19.2 Å². The Hall–Kier alpha value is -1.06. The second-order valence-electron chi connectivity index (χ2n) is 4.53. The monoisotopic (exact) mass is 251 g/mol. The van der Waals surface area contributed by atoms with Crippen LogP contribution in [0.25, 0.3) is 0 Å². The van der Waals surface area contributed by atoms with E-state index in [0.29, 0.717) is 25.2 Å². The topological polar surface area (TPSA) is 30.5 Å². The van der Waals surface area contributed by atoms with E-state index in [2.05, 4.69) is 31.3 Å². The molecule has 0 bridgehead atoms. The van der Waals surface area contributed by atoms with E-state index in [4.69, 9.17) is 9.47 Å². The molecule has 0 saturated carbocycles. The van der Waals surface area contributed by atoms with Crippen LogP contribution in [-0.4, -0.2) is 27.4 Å². The summed E-state index contributed by atoms with van der Waals surface area (Å²) >= 11 is 0. The van der Waals surface area contributed by atoms with Crippen LogP contribution in [0.4, 0.5) is 0 Å². The normalized spacial score (nSPS) is 14.2. The first-order valence-corrected chi connectivity index (χ1v) is 6.62. The van der Waals surface area contributed by atoms with Gasteiger partial charge in [-0.1, -0.05) is 38.5 Å². The molecule has 0 fully saturated rings. The van der Waals surface area contributed by atoms with Crippen LogP contribution in [0.3, 0.4) is 0 Å². The average Bonchev–Trinajstić information content (AvgIpc) is 2.41. The Morgan fingerprint density at radius 2 is 1.94 bits per heavy atom. The molecule has 0 heterocycles. The van der Waals surface area contributed by atoms with Crippen LogP contribution in [0.1, 0.15) is 31.9 Å². The maximum atomic E-state index is 5.79. The highest BCUT2D eigenvalue weighted by atomic mass is 16.5. The molecule has 2 unspecified atom stereocenters. The van der Waals surface area contributed by atoms with Crippen molar-refractivity contribution in [3.63, 3.8) is 0 Å². The number of nitrogens with one attached hydrogen (secondary N) is 1. The van der Waals surface area contributed by atoms with E-state index in [1.165, 1.54) is 5.56 Å². The molecule has 0 spiro atoms. The molecule has 102 valence electrons. The summed E-state index contributed by atoms with van der Waals surface area (Å²) < 4.78 is 10.8. The van der Waals surface area contributed by atoms with Crippen molar-refractivity contribution in [2.45, 2.75) is 26.3 Å². The molecule has 3 heteroatoms. The van der Waals surface area contributed by atoms with E-state index in [1.54, 1.807) is 7.11 Å². The highest BCUT2D eigenvalue weighted by molar-refractivity contribution is 5.36. The molecule has 1 rings (SSSR count). The predicted octanol–water partition coefficient (Wildman–Crippen LogP) is 3.02. The number of methoxy groups -OCH3 is 1. The van der Waals surface area contributed by atoms with Crippen molar-refractivity contribution in [1.82, 2.24) is 5.32 Å². The molecule has 0 saturated heterocycles. The molecule has 0 aliphatic heterocycles. The summed E-state index contributed by atoms with van der Waals surface area (Å²) in [6.45, 7) is 5.67. The number of hydrogen-bond acceptors (Lipinski definition) is 3. The highest BCUT2D eigenvalue weighted by Crippen LogP contribution is 2.31. The van der Waals surface area contributed by atoms with Crippen molar-refractivity contribution in [2.24, 2.45) is 5.92 Å². The van der Waals surface area contributed by atoms with E-state index < -0.39 is 0 Å². The van der Waals surface area contributed by atoms with Gasteiger partial charge in [0.15, 0.2) is 0 Å². The fourth-order valence-corrected chi connectivity index (χ4v) is 2.09. The van der Waals surface area contributed by atoms with Crippen molar-refractivity contribution in [1.29, 1.82) is 0 Å². The summed E-state index contributed by atoms with van der Waals surface area (Å²) in [5, 5.41) is 3.39. The molecule has 2 atom stereocenters. The molecular formula is C15H25NO2. The molecular weight excluding hydrogens is 226 g/mol. The van der Waals surface area contributed by atoms with Gasteiger partial charge in [0.1, 0.15) is 12.4 Å². The summed E-state index contributed by atoms with van der Waals surface area (Å²) in [4.78, 5) is 0. The predicted molar refractivity (Wildman–Crippen MR) is 75.1 cm³/mol. The molecule has 0 aliphatic carbocycles. The van der Waals surface area contributed by atoms with E-state index in [9.17, 15) is 0 Å². The average molecular weight is 251 g/mol. The lowest BCUT2D eigenvalue weighted by atomic mass is 9.92. The Bertz CT molecular complexity index is 341. The SMILES string of the molecule is CCC(C)C(NC)c1ccccc1OCCOC. The van der Waals surface area contributed by atoms with Crippen LogP contribution in [-0.2, 0) is 4.74 Å². The van der Waals surface area contributed by atoms with Gasteiger partial charge in [-0.2, -0.15) is 0 Å². The Morgan fingerprint density at radius 3 is 2.56 bits per heavy atom. The van der Waals surface area contributed by atoms with Gasteiger partial charge in [-0.3, -0.25) is 0 Å². The van der Waals surface area contributed by atoms with Crippen molar-refractivity contribution >= 4 is 0 Å². The molecule has 1 N–H and O–H groups in total. The summed E-state index contributed by atoms with van der Waals surface area (Å²) in [5.41, 5.74) is 1.23. The second kappa shape index (κ2) is 8.11. The minimum Gasteiger partial charge on any atom is -0.491 e. The second-order valence-corrected chi connectivity index (χ2v) is 4.53. The zero-order valence-electron chi connectivity index (χ0n) is 11.9. The molecule has 3 nitrogen and oxygen atoms in total. The summed E-state index contributed by atoms with van der Waals surface area (Å²) in [6, 6.07) is 8.56. The first kappa shape index (κ1) is 15.0. The molecule has 18 heavy (non-hydrogen) atoms. The molecule has 0 aromatic heterocycles. The lowest BCUT2D eigenvalue weighted by molar-refractivity contribution is 0.145. The molecule has 1 aromatic rings. The van der Waals surface area contributed by atoms with Crippen molar-refractivity contribution < 1.29 is 9.47 Å². The number of para-hydroxylation sites is 1. The minimum absolute atomic E-state index is 0.328.